The Morgan fingerprint density at radius 1 is 1.05 bits per heavy atom. The topological polar surface area (TPSA) is 55.1 Å². The molecule has 0 aliphatic heterocycles. The lowest BCUT2D eigenvalue weighted by Crippen LogP contribution is -2.13. The molecule has 20 heavy (non-hydrogen) atoms. The normalized spacial score (nSPS) is 10.4. The van der Waals surface area contributed by atoms with Gasteiger partial charge in [0, 0.05) is 16.9 Å². The van der Waals surface area contributed by atoms with Crippen LogP contribution in [0.2, 0.25) is 0 Å². The largest absolute Gasteiger partial charge is 0.399 e. The van der Waals surface area contributed by atoms with Crippen LogP contribution in [0.4, 0.5) is 15.8 Å². The zero-order chi connectivity index (χ0) is 14.9. The Bertz CT molecular complexity index is 680. The fourth-order valence-electron chi connectivity index (χ4n) is 1.90. The van der Waals surface area contributed by atoms with Crippen molar-refractivity contribution < 1.29 is 9.18 Å². The minimum atomic E-state index is -0.386. The van der Waals surface area contributed by atoms with Crippen LogP contribution >= 0.6 is 0 Å². The monoisotopic (exact) mass is 272 g/mol. The van der Waals surface area contributed by atoms with Crippen LogP contribution in [-0.2, 0) is 0 Å². The molecule has 1 amide bonds. The van der Waals surface area contributed by atoms with Crippen LogP contribution in [0.1, 0.15) is 27.0 Å². The van der Waals surface area contributed by atoms with Gasteiger partial charge in [0.05, 0.1) is 0 Å². The highest BCUT2D eigenvalue weighted by Gasteiger charge is 2.10. The van der Waals surface area contributed by atoms with Crippen LogP contribution in [0.3, 0.4) is 0 Å². The van der Waals surface area contributed by atoms with Crippen molar-refractivity contribution in [2.75, 3.05) is 11.1 Å². The maximum Gasteiger partial charge on any atom is 0.255 e. The first-order chi connectivity index (χ1) is 9.38. The lowest BCUT2D eigenvalue weighted by molar-refractivity contribution is 0.102. The highest BCUT2D eigenvalue weighted by Crippen LogP contribution is 2.22. The number of carbonyl (C=O) groups excluding carboxylic acids is 1. The third kappa shape index (κ3) is 2.79. The molecule has 2 aromatic carbocycles. The molecule has 0 spiro atoms. The first kappa shape index (κ1) is 14.1. The van der Waals surface area contributed by atoms with Crippen molar-refractivity contribution in [1.29, 1.82) is 0 Å². The summed E-state index contributed by atoms with van der Waals surface area (Å²) in [5.41, 5.74) is 9.74. The lowest BCUT2D eigenvalue weighted by atomic mass is 10.1. The molecule has 0 saturated carbocycles. The SMILES string of the molecule is Cc1cc(NC(=O)c2ccc(C)c(F)c2)c(C)cc1N. The van der Waals surface area contributed by atoms with Gasteiger partial charge in [-0.05, 0) is 61.7 Å². The number of nitrogens with two attached hydrogens (primary N) is 1. The zero-order valence-electron chi connectivity index (χ0n) is 11.8. The van der Waals surface area contributed by atoms with E-state index in [1.807, 2.05) is 19.9 Å². The summed E-state index contributed by atoms with van der Waals surface area (Å²) < 4.78 is 13.5. The average molecular weight is 272 g/mol. The fourth-order valence-corrected chi connectivity index (χ4v) is 1.90. The molecule has 2 rings (SSSR count). The molecule has 0 bridgehead atoms. The predicted octanol–water partition coefficient (Wildman–Crippen LogP) is 3.59. The second-order valence-corrected chi connectivity index (χ2v) is 4.94. The van der Waals surface area contributed by atoms with Crippen LogP contribution in [0.5, 0.6) is 0 Å². The Balaban J connectivity index is 2.27. The van der Waals surface area contributed by atoms with Crippen molar-refractivity contribution >= 4 is 17.3 Å². The molecular formula is C16H17FN2O. The van der Waals surface area contributed by atoms with Gasteiger partial charge in [-0.3, -0.25) is 4.79 Å². The fraction of sp³-hybridized carbons (Fsp3) is 0.188. The van der Waals surface area contributed by atoms with Gasteiger partial charge in [0.1, 0.15) is 5.82 Å². The number of benzene rings is 2. The molecule has 0 aliphatic rings. The smallest absolute Gasteiger partial charge is 0.255 e. The number of nitrogens with one attached hydrogen (secondary N) is 1. The van der Waals surface area contributed by atoms with Gasteiger partial charge < -0.3 is 11.1 Å². The van der Waals surface area contributed by atoms with E-state index in [0.29, 0.717) is 22.5 Å². The summed E-state index contributed by atoms with van der Waals surface area (Å²) in [5, 5.41) is 2.78. The van der Waals surface area contributed by atoms with Crippen LogP contribution in [0.15, 0.2) is 30.3 Å². The Kier molecular flexibility index (Phi) is 3.74. The minimum absolute atomic E-state index is 0.293. The second-order valence-electron chi connectivity index (χ2n) is 4.94. The van der Waals surface area contributed by atoms with Crippen molar-refractivity contribution in [3.8, 4) is 0 Å². The molecule has 0 saturated heterocycles. The first-order valence-corrected chi connectivity index (χ1v) is 6.32. The molecule has 0 fully saturated rings. The van der Waals surface area contributed by atoms with Gasteiger partial charge in [0.25, 0.3) is 5.91 Å². The molecule has 0 atom stereocenters. The van der Waals surface area contributed by atoms with Crippen molar-refractivity contribution in [3.05, 3.63) is 58.4 Å². The Hall–Kier alpha value is -2.36. The van der Waals surface area contributed by atoms with E-state index in [-0.39, 0.29) is 11.7 Å². The van der Waals surface area contributed by atoms with Gasteiger partial charge in [-0.2, -0.15) is 0 Å². The molecule has 0 radical (unpaired) electrons. The van der Waals surface area contributed by atoms with Crippen LogP contribution in [-0.4, -0.2) is 5.91 Å². The maximum atomic E-state index is 13.5. The van der Waals surface area contributed by atoms with Crippen molar-refractivity contribution in [3.63, 3.8) is 0 Å². The van der Waals surface area contributed by atoms with Crippen molar-refractivity contribution in [2.45, 2.75) is 20.8 Å². The van der Waals surface area contributed by atoms with E-state index in [9.17, 15) is 9.18 Å². The Morgan fingerprint density at radius 2 is 1.75 bits per heavy atom. The van der Waals surface area contributed by atoms with E-state index in [4.69, 9.17) is 5.73 Å². The molecule has 3 N–H and O–H groups in total. The number of hydrogen-bond donors (Lipinski definition) is 2. The van der Waals surface area contributed by atoms with E-state index >= 15 is 0 Å². The van der Waals surface area contributed by atoms with E-state index in [1.54, 1.807) is 25.1 Å². The lowest BCUT2D eigenvalue weighted by Gasteiger charge is -2.11. The van der Waals surface area contributed by atoms with E-state index < -0.39 is 0 Å². The number of rotatable bonds is 2. The summed E-state index contributed by atoms with van der Waals surface area (Å²) in [6.45, 7) is 5.39. The van der Waals surface area contributed by atoms with Gasteiger partial charge >= 0.3 is 0 Å². The molecule has 104 valence electrons. The number of nitrogen functional groups attached to an aromatic ring is 1. The van der Waals surface area contributed by atoms with Gasteiger partial charge in [0.15, 0.2) is 0 Å². The molecule has 3 nitrogen and oxygen atoms in total. The van der Waals surface area contributed by atoms with Crippen LogP contribution in [0.25, 0.3) is 0 Å². The highest BCUT2D eigenvalue weighted by atomic mass is 19.1. The Morgan fingerprint density at radius 3 is 2.40 bits per heavy atom. The number of amides is 1. The molecule has 0 heterocycles. The second kappa shape index (κ2) is 5.33. The summed E-state index contributed by atoms with van der Waals surface area (Å²) in [6, 6.07) is 8.05. The molecule has 0 unspecified atom stereocenters. The number of halogens is 1. The predicted molar refractivity (Wildman–Crippen MR) is 79.4 cm³/mol. The molecule has 0 aromatic heterocycles. The number of aryl methyl sites for hydroxylation is 3. The molecule has 4 heteroatoms. The van der Waals surface area contributed by atoms with E-state index in [1.165, 1.54) is 6.07 Å². The summed E-state index contributed by atoms with van der Waals surface area (Å²) in [4.78, 5) is 12.1. The molecular weight excluding hydrogens is 255 g/mol. The standard InChI is InChI=1S/C16H17FN2O/c1-9-4-5-12(8-13(9)17)16(20)19-15-7-10(2)14(18)6-11(15)3/h4-8H,18H2,1-3H3,(H,19,20). The number of anilines is 2. The van der Waals surface area contributed by atoms with Crippen molar-refractivity contribution in [1.82, 2.24) is 0 Å². The van der Waals surface area contributed by atoms with Gasteiger partial charge in [-0.15, -0.1) is 0 Å². The quantitative estimate of drug-likeness (QED) is 0.821. The maximum absolute atomic E-state index is 13.5. The summed E-state index contributed by atoms with van der Waals surface area (Å²) in [7, 11) is 0. The van der Waals surface area contributed by atoms with E-state index in [2.05, 4.69) is 5.32 Å². The van der Waals surface area contributed by atoms with Gasteiger partial charge in [-0.1, -0.05) is 6.07 Å². The summed E-state index contributed by atoms with van der Waals surface area (Å²) in [5.74, 6) is -0.723. The van der Waals surface area contributed by atoms with Crippen molar-refractivity contribution in [2.24, 2.45) is 0 Å². The zero-order valence-corrected chi connectivity index (χ0v) is 11.8. The summed E-state index contributed by atoms with van der Waals surface area (Å²) in [6.07, 6.45) is 0. The number of hydrogen-bond acceptors (Lipinski definition) is 2. The average Bonchev–Trinajstić information content (AvgIpc) is 2.39. The highest BCUT2D eigenvalue weighted by molar-refractivity contribution is 6.04. The summed E-state index contributed by atoms with van der Waals surface area (Å²) >= 11 is 0. The third-order valence-corrected chi connectivity index (χ3v) is 3.30. The third-order valence-electron chi connectivity index (χ3n) is 3.30. The Labute approximate surface area is 117 Å². The van der Waals surface area contributed by atoms with Gasteiger partial charge in [-0.25, -0.2) is 4.39 Å². The first-order valence-electron chi connectivity index (χ1n) is 6.32. The minimum Gasteiger partial charge on any atom is -0.399 e. The number of carbonyl (C=O) groups is 1. The van der Waals surface area contributed by atoms with Gasteiger partial charge in [0.2, 0.25) is 0 Å². The molecule has 0 aliphatic carbocycles. The molecule has 2 aromatic rings. The van der Waals surface area contributed by atoms with E-state index in [0.717, 1.165) is 11.1 Å². The van der Waals surface area contributed by atoms with Crippen LogP contribution < -0.4 is 11.1 Å². The van der Waals surface area contributed by atoms with Crippen LogP contribution in [0, 0.1) is 26.6 Å².